The molecular formula is C39H43N5O5S. The van der Waals surface area contributed by atoms with Crippen molar-refractivity contribution < 1.29 is 23.9 Å². The van der Waals surface area contributed by atoms with Gasteiger partial charge in [-0.3, -0.25) is 14.6 Å². The first-order valence-corrected chi connectivity index (χ1v) is 16.8. The van der Waals surface area contributed by atoms with Gasteiger partial charge in [0.05, 0.1) is 16.8 Å². The third-order valence-electron chi connectivity index (χ3n) is 7.07. The number of benzene rings is 4. The monoisotopic (exact) mass is 693 g/mol. The molecule has 5 N–H and O–H groups in total. The smallest absolute Gasteiger partial charge is 0.407 e. The summed E-state index contributed by atoms with van der Waals surface area (Å²) in [5, 5.41) is 9.84. The molecule has 4 aromatic carbocycles. The number of nitrogens with one attached hydrogen (secondary N) is 3. The van der Waals surface area contributed by atoms with E-state index in [1.54, 1.807) is 20.3 Å². The highest BCUT2D eigenvalue weighted by molar-refractivity contribution is 7.99. The first-order valence-electron chi connectivity index (χ1n) is 16.0. The Labute approximate surface area is 297 Å². The first kappa shape index (κ1) is 37.4. The van der Waals surface area contributed by atoms with E-state index in [1.807, 2.05) is 113 Å². The molecule has 1 aromatic heterocycles. The number of ether oxygens (including phenoxy) is 2. The second-order valence-electron chi connectivity index (χ2n) is 12.4. The van der Waals surface area contributed by atoms with E-state index in [0.29, 0.717) is 35.5 Å². The summed E-state index contributed by atoms with van der Waals surface area (Å²) in [7, 11) is 3.25. The van der Waals surface area contributed by atoms with Crippen molar-refractivity contribution >= 4 is 57.6 Å². The van der Waals surface area contributed by atoms with Gasteiger partial charge in [0.1, 0.15) is 5.60 Å². The molecule has 5 rings (SSSR count). The van der Waals surface area contributed by atoms with Crippen LogP contribution in [0.15, 0.2) is 107 Å². The van der Waals surface area contributed by atoms with Crippen LogP contribution in [0, 0.1) is 6.92 Å². The molecule has 5 aromatic rings. The van der Waals surface area contributed by atoms with Gasteiger partial charge in [-0.25, -0.2) is 4.79 Å². The Bertz CT molecular complexity index is 1940. The predicted molar refractivity (Wildman–Crippen MR) is 201 cm³/mol. The molecule has 0 atom stereocenters. The van der Waals surface area contributed by atoms with Crippen LogP contribution in [-0.4, -0.2) is 49.3 Å². The number of carbonyl (C=O) groups excluding carboxylic acids is 3. The van der Waals surface area contributed by atoms with Gasteiger partial charge in [-0.15, -0.1) is 0 Å². The number of para-hydroxylation sites is 1. The zero-order valence-corrected chi connectivity index (χ0v) is 29.9. The standard InChI is InChI=1S/C37H37N5O4S.C2H6O/c1-23-19-29(21-30-32(23)40-22-31(34(38)43)33(30)41-26-10-6-5-7-11-26)47-28-12-8-9-25(20-28)35(44)42-27-15-13-24(14-16-27)17-18-39-36(45)46-37(2,3)4;1-3-2/h5-16,19-22H,17-18H2,1-4H3,(H2,38,43)(H,39,45)(H,40,41)(H,42,44);1-2H3. The second kappa shape index (κ2) is 17.3. The van der Waals surface area contributed by atoms with Gasteiger partial charge in [-0.2, -0.15) is 0 Å². The summed E-state index contributed by atoms with van der Waals surface area (Å²) in [6.45, 7) is 7.88. The third-order valence-corrected chi connectivity index (χ3v) is 8.03. The maximum Gasteiger partial charge on any atom is 0.407 e. The lowest BCUT2D eigenvalue weighted by Crippen LogP contribution is -2.33. The summed E-state index contributed by atoms with van der Waals surface area (Å²) in [5.74, 6) is -0.803. The van der Waals surface area contributed by atoms with Gasteiger partial charge in [0.25, 0.3) is 11.8 Å². The lowest BCUT2D eigenvalue weighted by molar-refractivity contribution is 0.0528. The van der Waals surface area contributed by atoms with Crippen LogP contribution >= 0.6 is 11.8 Å². The fraction of sp³-hybridized carbons (Fsp3) is 0.231. The van der Waals surface area contributed by atoms with Crippen LogP contribution < -0.4 is 21.7 Å². The van der Waals surface area contributed by atoms with Crippen molar-refractivity contribution in [2.75, 3.05) is 31.4 Å². The van der Waals surface area contributed by atoms with E-state index in [9.17, 15) is 14.4 Å². The number of aryl methyl sites for hydroxylation is 1. The number of alkyl carbamates (subject to hydrolysis) is 1. The highest BCUT2D eigenvalue weighted by Crippen LogP contribution is 2.36. The van der Waals surface area contributed by atoms with Crippen molar-refractivity contribution in [2.24, 2.45) is 5.73 Å². The van der Waals surface area contributed by atoms with Crippen LogP contribution in [0.3, 0.4) is 0 Å². The van der Waals surface area contributed by atoms with Crippen molar-refractivity contribution in [2.45, 2.75) is 49.5 Å². The van der Waals surface area contributed by atoms with E-state index < -0.39 is 17.6 Å². The predicted octanol–water partition coefficient (Wildman–Crippen LogP) is 8.12. The molecule has 0 fully saturated rings. The van der Waals surface area contributed by atoms with Gasteiger partial charge in [0.2, 0.25) is 0 Å². The van der Waals surface area contributed by atoms with Crippen LogP contribution in [0.4, 0.5) is 21.9 Å². The second-order valence-corrected chi connectivity index (χ2v) is 13.6. The normalized spacial score (nSPS) is 10.8. The van der Waals surface area contributed by atoms with E-state index in [2.05, 4.69) is 25.7 Å². The molecule has 260 valence electrons. The minimum Gasteiger partial charge on any atom is -0.444 e. The molecule has 0 unspecified atom stereocenters. The molecule has 11 heteroatoms. The summed E-state index contributed by atoms with van der Waals surface area (Å²) >= 11 is 1.51. The highest BCUT2D eigenvalue weighted by Gasteiger charge is 2.17. The van der Waals surface area contributed by atoms with Crippen molar-refractivity contribution in [3.05, 3.63) is 119 Å². The zero-order chi connectivity index (χ0) is 36.3. The van der Waals surface area contributed by atoms with Crippen LogP contribution in [0.1, 0.15) is 52.6 Å². The van der Waals surface area contributed by atoms with Crippen molar-refractivity contribution in [3.8, 4) is 0 Å². The zero-order valence-electron chi connectivity index (χ0n) is 29.1. The quantitative estimate of drug-likeness (QED) is 0.115. The molecule has 3 amide bonds. The Balaban J connectivity index is 0.00000181. The van der Waals surface area contributed by atoms with E-state index in [1.165, 1.54) is 18.0 Å². The molecule has 0 aliphatic carbocycles. The van der Waals surface area contributed by atoms with Crippen LogP contribution in [0.2, 0.25) is 0 Å². The molecule has 10 nitrogen and oxygen atoms in total. The number of carbonyl (C=O) groups is 3. The molecule has 0 spiro atoms. The van der Waals surface area contributed by atoms with E-state index in [0.717, 1.165) is 37.5 Å². The first-order chi connectivity index (χ1) is 23.9. The number of pyridine rings is 1. The molecular weight excluding hydrogens is 651 g/mol. The molecule has 1 heterocycles. The summed E-state index contributed by atoms with van der Waals surface area (Å²) in [5.41, 5.74) is 10.8. The van der Waals surface area contributed by atoms with Gasteiger partial charge in [-0.1, -0.05) is 48.2 Å². The average molecular weight is 694 g/mol. The third kappa shape index (κ3) is 10.8. The molecule has 0 aliphatic rings. The average Bonchev–Trinajstić information content (AvgIpc) is 3.06. The Kier molecular flexibility index (Phi) is 13.0. The number of nitrogens with zero attached hydrogens (tertiary/aromatic N) is 1. The van der Waals surface area contributed by atoms with Crippen molar-refractivity contribution in [1.29, 1.82) is 0 Å². The number of aromatic nitrogens is 1. The minimum atomic E-state index is -0.572. The Morgan fingerprint density at radius 1 is 0.860 bits per heavy atom. The lowest BCUT2D eigenvalue weighted by Gasteiger charge is -2.19. The molecule has 50 heavy (non-hydrogen) atoms. The fourth-order valence-electron chi connectivity index (χ4n) is 4.91. The molecule has 0 aliphatic heterocycles. The number of primary amides is 1. The lowest BCUT2D eigenvalue weighted by atomic mass is 10.1. The number of rotatable bonds is 10. The number of amides is 3. The van der Waals surface area contributed by atoms with Gasteiger partial charge in [0, 0.05) is 59.1 Å². The van der Waals surface area contributed by atoms with Crippen LogP contribution in [-0.2, 0) is 15.9 Å². The molecule has 0 saturated carbocycles. The van der Waals surface area contributed by atoms with E-state index >= 15 is 0 Å². The van der Waals surface area contributed by atoms with Crippen molar-refractivity contribution in [1.82, 2.24) is 10.3 Å². The molecule has 0 bridgehead atoms. The van der Waals surface area contributed by atoms with Gasteiger partial charge in [0.15, 0.2) is 0 Å². The van der Waals surface area contributed by atoms with E-state index in [4.69, 9.17) is 10.5 Å². The van der Waals surface area contributed by atoms with Crippen molar-refractivity contribution in [3.63, 3.8) is 0 Å². The minimum absolute atomic E-state index is 0.230. The number of hydrogen-bond acceptors (Lipinski definition) is 8. The summed E-state index contributed by atoms with van der Waals surface area (Å²) in [6, 6.07) is 28.5. The van der Waals surface area contributed by atoms with Gasteiger partial charge in [-0.05, 0) is 99.8 Å². The highest BCUT2D eigenvalue weighted by atomic mass is 32.2. The molecule has 0 saturated heterocycles. The Hall–Kier alpha value is -5.39. The number of nitrogens with two attached hydrogens (primary N) is 1. The number of anilines is 3. The van der Waals surface area contributed by atoms with Crippen LogP contribution in [0.25, 0.3) is 10.9 Å². The number of hydrogen-bond donors (Lipinski definition) is 4. The Morgan fingerprint density at radius 3 is 2.22 bits per heavy atom. The maximum absolute atomic E-state index is 13.2. The summed E-state index contributed by atoms with van der Waals surface area (Å²) in [6.07, 6.45) is 1.69. The number of methoxy groups -OCH3 is 1. The summed E-state index contributed by atoms with van der Waals surface area (Å²) < 4.78 is 9.51. The molecule has 0 radical (unpaired) electrons. The largest absolute Gasteiger partial charge is 0.444 e. The van der Waals surface area contributed by atoms with E-state index in [-0.39, 0.29) is 5.91 Å². The SMILES string of the molecule is COC.Cc1cc(Sc2cccc(C(=O)Nc3ccc(CCNC(=O)OC(C)(C)C)cc3)c2)cc2c(Nc3ccccc3)c(C(N)=O)cnc12. The Morgan fingerprint density at radius 2 is 1.56 bits per heavy atom. The maximum atomic E-state index is 13.2. The topological polar surface area (TPSA) is 145 Å². The van der Waals surface area contributed by atoms with Gasteiger partial charge >= 0.3 is 6.09 Å². The fourth-order valence-corrected chi connectivity index (χ4v) is 5.93. The summed E-state index contributed by atoms with van der Waals surface area (Å²) in [4.78, 5) is 43.7. The van der Waals surface area contributed by atoms with Crippen LogP contribution in [0.5, 0.6) is 0 Å². The number of fused-ring (bicyclic) bond motifs is 1. The van der Waals surface area contributed by atoms with Gasteiger partial charge < -0.3 is 31.2 Å².